The Morgan fingerprint density at radius 3 is 2.41 bits per heavy atom. The average molecular weight is 390 g/mol. The first-order valence-corrected chi connectivity index (χ1v) is 10.5. The Morgan fingerprint density at radius 1 is 1.00 bits per heavy atom. The molecule has 5 heteroatoms. The van der Waals surface area contributed by atoms with Gasteiger partial charge in [-0.15, -0.1) is 0 Å². The van der Waals surface area contributed by atoms with Gasteiger partial charge in [-0.05, 0) is 47.9 Å². The molecule has 1 N–H and O–H groups in total. The fraction of sp³-hybridized carbons (Fsp3) is 0.417. The van der Waals surface area contributed by atoms with E-state index in [1.54, 1.807) is 12.0 Å². The van der Waals surface area contributed by atoms with Gasteiger partial charge in [0.15, 0.2) is 0 Å². The zero-order valence-corrected chi connectivity index (χ0v) is 16.6. The first-order valence-electron chi connectivity index (χ1n) is 10.5. The molecular weight excluding hydrogens is 364 g/mol. The van der Waals surface area contributed by atoms with Crippen LogP contribution in [0.4, 0.5) is 0 Å². The molecule has 1 aliphatic heterocycles. The molecule has 5 rings (SSSR count). The van der Waals surface area contributed by atoms with Gasteiger partial charge in [-0.1, -0.05) is 48.5 Å². The van der Waals surface area contributed by atoms with Gasteiger partial charge in [0, 0.05) is 19.6 Å². The smallest absolute Gasteiger partial charge is 0.247 e. The Hall–Kier alpha value is -2.66. The Morgan fingerprint density at radius 2 is 1.69 bits per heavy atom. The zero-order valence-electron chi connectivity index (χ0n) is 16.6. The van der Waals surface area contributed by atoms with Crippen molar-refractivity contribution in [3.63, 3.8) is 0 Å². The lowest BCUT2D eigenvalue weighted by atomic mass is 9.91. The summed E-state index contributed by atoms with van der Waals surface area (Å²) >= 11 is 0. The van der Waals surface area contributed by atoms with Crippen molar-refractivity contribution in [2.45, 2.75) is 43.9 Å². The van der Waals surface area contributed by atoms with E-state index in [1.807, 2.05) is 30.3 Å². The van der Waals surface area contributed by atoms with Crippen molar-refractivity contribution in [1.29, 1.82) is 0 Å². The summed E-state index contributed by atoms with van der Waals surface area (Å²) < 4.78 is 5.74. The van der Waals surface area contributed by atoms with E-state index in [9.17, 15) is 9.59 Å². The monoisotopic (exact) mass is 390 g/mol. The number of nitrogens with one attached hydrogen (secondary N) is 1. The number of fused-ring (bicyclic) bond motifs is 2. The zero-order chi connectivity index (χ0) is 20.0. The van der Waals surface area contributed by atoms with Gasteiger partial charge in [0.05, 0.1) is 6.04 Å². The fourth-order valence-electron chi connectivity index (χ4n) is 4.89. The SMILES string of the molecule is COC1c2ccccc2CC1NC(=O)C1c2ccccc2CCN1C(=O)C1CC1. The molecule has 2 aromatic rings. The van der Waals surface area contributed by atoms with Gasteiger partial charge in [0.2, 0.25) is 11.8 Å². The third kappa shape index (κ3) is 3.23. The largest absolute Gasteiger partial charge is 0.375 e. The number of benzene rings is 2. The van der Waals surface area contributed by atoms with Crippen LogP contribution in [0, 0.1) is 5.92 Å². The highest BCUT2D eigenvalue weighted by molar-refractivity contribution is 5.91. The van der Waals surface area contributed by atoms with Crippen molar-refractivity contribution >= 4 is 11.8 Å². The number of rotatable bonds is 4. The van der Waals surface area contributed by atoms with Gasteiger partial charge in [0.1, 0.15) is 12.1 Å². The van der Waals surface area contributed by atoms with Crippen molar-refractivity contribution in [3.05, 3.63) is 70.8 Å². The molecule has 2 aliphatic carbocycles. The van der Waals surface area contributed by atoms with Crippen LogP contribution < -0.4 is 5.32 Å². The Bertz CT molecular complexity index is 953. The third-order valence-corrected chi connectivity index (χ3v) is 6.49. The van der Waals surface area contributed by atoms with E-state index in [1.165, 1.54) is 5.56 Å². The Kier molecular flexibility index (Phi) is 4.63. The van der Waals surface area contributed by atoms with Gasteiger partial charge in [0.25, 0.3) is 0 Å². The van der Waals surface area contributed by atoms with Crippen LogP contribution in [0.2, 0.25) is 0 Å². The van der Waals surface area contributed by atoms with Crippen LogP contribution in [0.3, 0.4) is 0 Å². The normalized spacial score (nSPS) is 25.3. The van der Waals surface area contributed by atoms with E-state index in [0.717, 1.165) is 42.4 Å². The minimum absolute atomic E-state index is 0.0954. The molecule has 2 aromatic carbocycles. The maximum Gasteiger partial charge on any atom is 0.247 e. The van der Waals surface area contributed by atoms with E-state index in [4.69, 9.17) is 4.74 Å². The molecule has 1 fully saturated rings. The number of hydrogen-bond acceptors (Lipinski definition) is 3. The summed E-state index contributed by atoms with van der Waals surface area (Å²) in [7, 11) is 1.69. The van der Waals surface area contributed by atoms with E-state index in [0.29, 0.717) is 6.54 Å². The van der Waals surface area contributed by atoms with Crippen molar-refractivity contribution in [1.82, 2.24) is 10.2 Å². The summed E-state index contributed by atoms with van der Waals surface area (Å²) in [6.45, 7) is 0.600. The minimum atomic E-state index is -0.561. The van der Waals surface area contributed by atoms with Gasteiger partial charge in [-0.2, -0.15) is 0 Å². The van der Waals surface area contributed by atoms with Gasteiger partial charge in [-0.3, -0.25) is 9.59 Å². The van der Waals surface area contributed by atoms with Crippen LogP contribution in [0.15, 0.2) is 48.5 Å². The average Bonchev–Trinajstić information content (AvgIpc) is 3.54. The van der Waals surface area contributed by atoms with E-state index in [2.05, 4.69) is 23.5 Å². The number of amides is 2. The molecule has 5 nitrogen and oxygen atoms in total. The van der Waals surface area contributed by atoms with Crippen molar-refractivity contribution in [2.75, 3.05) is 13.7 Å². The third-order valence-electron chi connectivity index (χ3n) is 6.49. The first-order chi connectivity index (χ1) is 14.2. The highest BCUT2D eigenvalue weighted by Crippen LogP contribution is 2.38. The molecule has 1 heterocycles. The van der Waals surface area contributed by atoms with E-state index >= 15 is 0 Å². The molecule has 0 aromatic heterocycles. The lowest BCUT2D eigenvalue weighted by molar-refractivity contribution is -0.143. The number of methoxy groups -OCH3 is 1. The molecule has 150 valence electrons. The lowest BCUT2D eigenvalue weighted by Gasteiger charge is -2.37. The maximum absolute atomic E-state index is 13.5. The maximum atomic E-state index is 13.5. The molecular formula is C24H26N2O3. The summed E-state index contributed by atoms with van der Waals surface area (Å²) in [6, 6.07) is 15.5. The van der Waals surface area contributed by atoms with Crippen molar-refractivity contribution in [3.8, 4) is 0 Å². The number of carbonyl (C=O) groups is 2. The molecule has 0 radical (unpaired) electrons. The molecule has 2 amide bonds. The second kappa shape index (κ2) is 7.30. The molecule has 29 heavy (non-hydrogen) atoms. The molecule has 3 unspecified atom stereocenters. The van der Waals surface area contributed by atoms with Crippen LogP contribution >= 0.6 is 0 Å². The van der Waals surface area contributed by atoms with Crippen LogP contribution in [-0.2, 0) is 27.2 Å². The van der Waals surface area contributed by atoms with Gasteiger partial charge < -0.3 is 15.0 Å². The highest BCUT2D eigenvalue weighted by Gasteiger charge is 2.43. The Balaban J connectivity index is 1.43. The number of carbonyl (C=O) groups excluding carboxylic acids is 2. The van der Waals surface area contributed by atoms with E-state index in [-0.39, 0.29) is 29.9 Å². The second-order valence-electron chi connectivity index (χ2n) is 8.33. The van der Waals surface area contributed by atoms with Crippen molar-refractivity contribution < 1.29 is 14.3 Å². The van der Waals surface area contributed by atoms with Crippen LogP contribution in [-0.4, -0.2) is 36.4 Å². The number of ether oxygens (including phenoxy) is 1. The van der Waals surface area contributed by atoms with Crippen LogP contribution in [0.1, 0.15) is 47.2 Å². The predicted octanol–water partition coefficient (Wildman–Crippen LogP) is 2.95. The highest BCUT2D eigenvalue weighted by atomic mass is 16.5. The molecule has 3 aliphatic rings. The van der Waals surface area contributed by atoms with E-state index < -0.39 is 6.04 Å². The second-order valence-corrected chi connectivity index (χ2v) is 8.33. The Labute approximate surface area is 171 Å². The molecule has 0 spiro atoms. The number of hydrogen-bond donors (Lipinski definition) is 1. The summed E-state index contributed by atoms with van der Waals surface area (Å²) in [6.07, 6.45) is 3.25. The van der Waals surface area contributed by atoms with Gasteiger partial charge in [-0.25, -0.2) is 0 Å². The molecule has 1 saturated carbocycles. The summed E-state index contributed by atoms with van der Waals surface area (Å²) in [4.78, 5) is 28.3. The van der Waals surface area contributed by atoms with Crippen molar-refractivity contribution in [2.24, 2.45) is 5.92 Å². The quantitative estimate of drug-likeness (QED) is 0.873. The summed E-state index contributed by atoms with van der Waals surface area (Å²) in [5, 5.41) is 3.22. The predicted molar refractivity (Wildman–Crippen MR) is 109 cm³/mol. The topological polar surface area (TPSA) is 58.6 Å². The minimum Gasteiger partial charge on any atom is -0.375 e. The summed E-state index contributed by atoms with van der Waals surface area (Å²) in [5.41, 5.74) is 4.45. The fourth-order valence-corrected chi connectivity index (χ4v) is 4.89. The standard InChI is InChI=1S/C24H26N2O3/c1-29-22-19-9-5-3-7-17(19)14-20(22)25-23(27)21-18-8-4-2-6-15(18)12-13-26(21)24(28)16-10-11-16/h2-9,16,20-22H,10-14H2,1H3,(H,25,27). The first kappa shape index (κ1) is 18.4. The lowest BCUT2D eigenvalue weighted by Crippen LogP contribution is -2.50. The molecule has 0 saturated heterocycles. The van der Waals surface area contributed by atoms with Gasteiger partial charge >= 0.3 is 0 Å². The molecule has 0 bridgehead atoms. The summed E-state index contributed by atoms with van der Waals surface area (Å²) in [5.74, 6) is 0.113. The molecule has 3 atom stereocenters. The van der Waals surface area contributed by atoms with Crippen LogP contribution in [0.5, 0.6) is 0 Å². The number of nitrogens with zero attached hydrogens (tertiary/aromatic N) is 1. The van der Waals surface area contributed by atoms with Crippen LogP contribution in [0.25, 0.3) is 0 Å².